The Hall–Kier alpha value is -0.980. The van der Waals surface area contributed by atoms with Crippen LogP contribution in [0, 0.1) is 6.92 Å². The van der Waals surface area contributed by atoms with Gasteiger partial charge in [-0.1, -0.05) is 12.2 Å². The molecule has 1 aromatic heterocycles. The van der Waals surface area contributed by atoms with Crippen molar-refractivity contribution in [3.63, 3.8) is 0 Å². The first-order valence-electron chi connectivity index (χ1n) is 2.41. The van der Waals surface area contributed by atoms with Crippen molar-refractivity contribution in [2.24, 2.45) is 0 Å². The zero-order chi connectivity index (χ0) is 5.82. The SMILES string of the molecule is [CH2]/C=C/c1ccoc1. The minimum Gasteiger partial charge on any atom is -0.472 e. The van der Waals surface area contributed by atoms with Gasteiger partial charge >= 0.3 is 0 Å². The molecule has 1 aromatic rings. The van der Waals surface area contributed by atoms with E-state index in [-0.39, 0.29) is 0 Å². The van der Waals surface area contributed by atoms with Gasteiger partial charge in [0.2, 0.25) is 0 Å². The molecule has 0 atom stereocenters. The fraction of sp³-hybridized carbons (Fsp3) is 0. The van der Waals surface area contributed by atoms with Crippen molar-refractivity contribution in [3.05, 3.63) is 37.2 Å². The Morgan fingerprint density at radius 2 is 2.50 bits per heavy atom. The molecule has 1 nitrogen and oxygen atoms in total. The van der Waals surface area contributed by atoms with Crippen molar-refractivity contribution in [3.8, 4) is 0 Å². The van der Waals surface area contributed by atoms with Gasteiger partial charge in [0.15, 0.2) is 0 Å². The summed E-state index contributed by atoms with van der Waals surface area (Å²) in [6.07, 6.45) is 6.91. The molecule has 0 saturated heterocycles. The maximum Gasteiger partial charge on any atom is 0.0974 e. The summed E-state index contributed by atoms with van der Waals surface area (Å²) in [6.45, 7) is 3.54. The number of hydrogen-bond donors (Lipinski definition) is 0. The topological polar surface area (TPSA) is 13.1 Å². The molecular weight excluding hydrogens is 100 g/mol. The van der Waals surface area contributed by atoms with E-state index in [1.54, 1.807) is 18.6 Å². The second-order valence-corrected chi connectivity index (χ2v) is 1.46. The first-order chi connectivity index (χ1) is 3.93. The normalized spacial score (nSPS) is 10.6. The number of hydrogen-bond acceptors (Lipinski definition) is 1. The predicted octanol–water partition coefficient (Wildman–Crippen LogP) is 2.13. The highest BCUT2D eigenvalue weighted by molar-refractivity contribution is 5.47. The lowest BCUT2D eigenvalue weighted by Gasteiger charge is -1.73. The van der Waals surface area contributed by atoms with Crippen LogP contribution >= 0.6 is 0 Å². The average molecular weight is 107 g/mol. The van der Waals surface area contributed by atoms with Gasteiger partial charge in [0, 0.05) is 5.56 Å². The smallest absolute Gasteiger partial charge is 0.0974 e. The Bertz CT molecular complexity index is 161. The van der Waals surface area contributed by atoms with Gasteiger partial charge in [0.05, 0.1) is 12.5 Å². The summed E-state index contributed by atoms with van der Waals surface area (Å²) < 4.78 is 4.79. The van der Waals surface area contributed by atoms with Gasteiger partial charge in [-0.05, 0) is 13.0 Å². The lowest BCUT2D eigenvalue weighted by molar-refractivity contribution is 0.567. The van der Waals surface area contributed by atoms with Crippen LogP contribution in [0.2, 0.25) is 0 Å². The van der Waals surface area contributed by atoms with E-state index >= 15 is 0 Å². The second-order valence-electron chi connectivity index (χ2n) is 1.46. The van der Waals surface area contributed by atoms with Crippen molar-refractivity contribution in [2.45, 2.75) is 0 Å². The molecule has 0 amide bonds. The minimum atomic E-state index is 1.06. The van der Waals surface area contributed by atoms with Crippen LogP contribution in [0.4, 0.5) is 0 Å². The van der Waals surface area contributed by atoms with Gasteiger partial charge in [-0.3, -0.25) is 0 Å². The summed E-state index contributed by atoms with van der Waals surface area (Å²) in [4.78, 5) is 0. The largest absolute Gasteiger partial charge is 0.472 e. The number of furan rings is 1. The summed E-state index contributed by atoms with van der Waals surface area (Å²) >= 11 is 0. The Kier molecular flexibility index (Phi) is 1.52. The van der Waals surface area contributed by atoms with Crippen molar-refractivity contribution in [1.82, 2.24) is 0 Å². The van der Waals surface area contributed by atoms with Gasteiger partial charge in [0.25, 0.3) is 0 Å². The molecule has 0 aliphatic carbocycles. The summed E-state index contributed by atoms with van der Waals surface area (Å²) in [5.41, 5.74) is 1.06. The number of allylic oxidation sites excluding steroid dienone is 1. The van der Waals surface area contributed by atoms with Crippen LogP contribution in [0.5, 0.6) is 0 Å². The molecule has 0 bridgehead atoms. The lowest BCUT2D eigenvalue weighted by atomic mass is 10.3. The summed E-state index contributed by atoms with van der Waals surface area (Å²) in [5.74, 6) is 0. The molecule has 0 aliphatic heterocycles. The standard InChI is InChI=1S/C7H7O/c1-2-3-7-4-5-8-6-7/h2-6H,1H2/b3-2+. The molecule has 1 rings (SSSR count). The third-order valence-electron chi connectivity index (χ3n) is 0.853. The van der Waals surface area contributed by atoms with Crippen molar-refractivity contribution >= 4 is 6.08 Å². The Labute approximate surface area is 48.6 Å². The maximum atomic E-state index is 4.79. The van der Waals surface area contributed by atoms with E-state index in [0.29, 0.717) is 0 Å². The van der Waals surface area contributed by atoms with Crippen LogP contribution in [0.3, 0.4) is 0 Å². The molecule has 0 aliphatic rings. The lowest BCUT2D eigenvalue weighted by Crippen LogP contribution is -1.54. The van der Waals surface area contributed by atoms with E-state index < -0.39 is 0 Å². The average Bonchev–Trinajstić information content (AvgIpc) is 2.19. The molecule has 1 radical (unpaired) electrons. The van der Waals surface area contributed by atoms with E-state index in [1.807, 2.05) is 12.1 Å². The highest BCUT2D eigenvalue weighted by Gasteiger charge is 1.81. The molecule has 8 heavy (non-hydrogen) atoms. The monoisotopic (exact) mass is 107 g/mol. The quantitative estimate of drug-likeness (QED) is 0.535. The van der Waals surface area contributed by atoms with Crippen LogP contribution < -0.4 is 0 Å². The van der Waals surface area contributed by atoms with E-state index in [0.717, 1.165) is 5.56 Å². The second kappa shape index (κ2) is 2.36. The summed E-state index contributed by atoms with van der Waals surface area (Å²) in [7, 11) is 0. The van der Waals surface area contributed by atoms with Crippen molar-refractivity contribution < 1.29 is 4.42 Å². The highest BCUT2D eigenvalue weighted by atomic mass is 16.3. The first-order valence-corrected chi connectivity index (χ1v) is 2.41. The van der Waals surface area contributed by atoms with Crippen LogP contribution in [-0.4, -0.2) is 0 Å². The van der Waals surface area contributed by atoms with Gasteiger partial charge in [-0.2, -0.15) is 0 Å². The van der Waals surface area contributed by atoms with Crippen LogP contribution in [0.1, 0.15) is 5.56 Å². The fourth-order valence-corrected chi connectivity index (χ4v) is 0.506. The van der Waals surface area contributed by atoms with Gasteiger partial charge < -0.3 is 4.42 Å². The molecule has 0 unspecified atom stereocenters. The van der Waals surface area contributed by atoms with E-state index in [4.69, 9.17) is 4.42 Å². The Morgan fingerprint density at radius 1 is 1.62 bits per heavy atom. The van der Waals surface area contributed by atoms with E-state index in [2.05, 4.69) is 6.92 Å². The van der Waals surface area contributed by atoms with E-state index in [9.17, 15) is 0 Å². The molecule has 0 fully saturated rings. The first kappa shape index (κ1) is 5.16. The Balaban J connectivity index is 2.77. The van der Waals surface area contributed by atoms with Crippen LogP contribution in [0.25, 0.3) is 6.08 Å². The summed E-state index contributed by atoms with van der Waals surface area (Å²) in [6, 6.07) is 1.88. The molecular formula is C7H7O. The van der Waals surface area contributed by atoms with Crippen LogP contribution in [-0.2, 0) is 0 Å². The maximum absolute atomic E-state index is 4.79. The third-order valence-corrected chi connectivity index (χ3v) is 0.853. The molecule has 0 N–H and O–H groups in total. The minimum absolute atomic E-state index is 1.06. The predicted molar refractivity (Wildman–Crippen MR) is 33.1 cm³/mol. The van der Waals surface area contributed by atoms with Gasteiger partial charge in [0.1, 0.15) is 0 Å². The third kappa shape index (κ3) is 0.997. The van der Waals surface area contributed by atoms with Gasteiger partial charge in [-0.15, -0.1) is 0 Å². The van der Waals surface area contributed by atoms with Crippen LogP contribution in [0.15, 0.2) is 29.1 Å². The molecule has 0 aromatic carbocycles. The molecule has 0 saturated carbocycles. The van der Waals surface area contributed by atoms with Gasteiger partial charge in [-0.25, -0.2) is 0 Å². The number of rotatable bonds is 1. The van der Waals surface area contributed by atoms with Crippen molar-refractivity contribution in [1.29, 1.82) is 0 Å². The molecule has 1 heteroatoms. The Morgan fingerprint density at radius 3 is 3.00 bits per heavy atom. The zero-order valence-electron chi connectivity index (χ0n) is 4.50. The molecule has 1 heterocycles. The summed E-state index contributed by atoms with van der Waals surface area (Å²) in [5, 5.41) is 0. The van der Waals surface area contributed by atoms with E-state index in [1.165, 1.54) is 0 Å². The molecule has 0 spiro atoms. The highest BCUT2D eigenvalue weighted by Crippen LogP contribution is 2.00. The van der Waals surface area contributed by atoms with Crippen molar-refractivity contribution in [2.75, 3.05) is 0 Å². The zero-order valence-corrected chi connectivity index (χ0v) is 4.50. The fourth-order valence-electron chi connectivity index (χ4n) is 0.506. The molecule has 41 valence electrons.